The summed E-state index contributed by atoms with van der Waals surface area (Å²) >= 11 is 8.08. The average molecular weight is 257 g/mol. The summed E-state index contributed by atoms with van der Waals surface area (Å²) in [5.41, 5.74) is 2.40. The second kappa shape index (κ2) is 5.87. The first-order valence-corrected chi connectivity index (χ1v) is 7.46. The molecule has 0 N–H and O–H groups in total. The summed E-state index contributed by atoms with van der Waals surface area (Å²) in [4.78, 5) is 9.05. The Labute approximate surface area is 106 Å². The fraction of sp³-hybridized carbons (Fsp3) is 0.667. The predicted octanol–water partition coefficient (Wildman–Crippen LogP) is 3.65. The van der Waals surface area contributed by atoms with E-state index in [1.165, 1.54) is 30.5 Å². The molecule has 0 saturated heterocycles. The van der Waals surface area contributed by atoms with Crippen LogP contribution in [0.25, 0.3) is 0 Å². The summed E-state index contributed by atoms with van der Waals surface area (Å²) < 4.78 is 0. The van der Waals surface area contributed by atoms with Crippen LogP contribution in [0.5, 0.6) is 0 Å². The molecular formula is C12H17ClN2S. The highest BCUT2D eigenvalue weighted by atomic mass is 35.5. The summed E-state index contributed by atoms with van der Waals surface area (Å²) in [5, 5.41) is 0.693. The molecule has 1 heterocycles. The van der Waals surface area contributed by atoms with Gasteiger partial charge in [-0.15, -0.1) is 0 Å². The molecule has 88 valence electrons. The molecule has 0 aromatic carbocycles. The average Bonchev–Trinajstić information content (AvgIpc) is 2.51. The number of nitrogens with zero attached hydrogens (tertiary/aromatic N) is 2. The van der Waals surface area contributed by atoms with Crippen molar-refractivity contribution in [1.82, 2.24) is 9.97 Å². The van der Waals surface area contributed by atoms with E-state index in [4.69, 9.17) is 11.6 Å². The maximum Gasteiger partial charge on any atom is 0.140 e. The fourth-order valence-electron chi connectivity index (χ4n) is 2.03. The van der Waals surface area contributed by atoms with Crippen molar-refractivity contribution in [3.05, 3.63) is 22.2 Å². The van der Waals surface area contributed by atoms with Gasteiger partial charge in [0.05, 0.1) is 5.75 Å². The standard InChI is InChI=1S/C12H17ClN2S/c1-2-16-8-11-14-10-7-5-3-4-6-9(10)12(13)15-11/h2-8H2,1H3. The largest absolute Gasteiger partial charge is 0.237 e. The van der Waals surface area contributed by atoms with E-state index in [2.05, 4.69) is 16.9 Å². The Morgan fingerprint density at radius 2 is 2.00 bits per heavy atom. The fourth-order valence-corrected chi connectivity index (χ4v) is 2.85. The summed E-state index contributed by atoms with van der Waals surface area (Å²) in [6.45, 7) is 2.15. The van der Waals surface area contributed by atoms with Gasteiger partial charge >= 0.3 is 0 Å². The molecule has 0 amide bonds. The van der Waals surface area contributed by atoms with Gasteiger partial charge in [-0.2, -0.15) is 11.8 Å². The van der Waals surface area contributed by atoms with E-state index in [1.807, 2.05) is 11.8 Å². The maximum absolute atomic E-state index is 6.24. The number of aromatic nitrogens is 2. The van der Waals surface area contributed by atoms with Crippen molar-refractivity contribution in [2.45, 2.75) is 44.8 Å². The van der Waals surface area contributed by atoms with Crippen LogP contribution < -0.4 is 0 Å². The maximum atomic E-state index is 6.24. The van der Waals surface area contributed by atoms with E-state index < -0.39 is 0 Å². The Morgan fingerprint density at radius 1 is 1.19 bits per heavy atom. The van der Waals surface area contributed by atoms with E-state index in [-0.39, 0.29) is 0 Å². The number of hydrogen-bond acceptors (Lipinski definition) is 3. The molecule has 16 heavy (non-hydrogen) atoms. The number of fused-ring (bicyclic) bond motifs is 1. The van der Waals surface area contributed by atoms with Gasteiger partial charge in [0, 0.05) is 11.3 Å². The topological polar surface area (TPSA) is 25.8 Å². The van der Waals surface area contributed by atoms with Gasteiger partial charge in [0.1, 0.15) is 11.0 Å². The highest BCUT2D eigenvalue weighted by molar-refractivity contribution is 7.98. The summed E-state index contributed by atoms with van der Waals surface area (Å²) in [5.74, 6) is 2.87. The molecule has 2 rings (SSSR count). The number of rotatable bonds is 3. The zero-order chi connectivity index (χ0) is 11.4. The lowest BCUT2D eigenvalue weighted by Crippen LogP contribution is -2.04. The van der Waals surface area contributed by atoms with Crippen LogP contribution in [-0.4, -0.2) is 15.7 Å². The van der Waals surface area contributed by atoms with Crippen LogP contribution in [-0.2, 0) is 18.6 Å². The van der Waals surface area contributed by atoms with E-state index in [0.717, 1.165) is 30.2 Å². The Morgan fingerprint density at radius 3 is 2.81 bits per heavy atom. The van der Waals surface area contributed by atoms with Crippen molar-refractivity contribution in [3.63, 3.8) is 0 Å². The van der Waals surface area contributed by atoms with Crippen LogP contribution >= 0.6 is 23.4 Å². The molecule has 4 heteroatoms. The molecule has 1 aliphatic rings. The third-order valence-electron chi connectivity index (χ3n) is 2.86. The van der Waals surface area contributed by atoms with E-state index in [1.54, 1.807) is 0 Å². The zero-order valence-electron chi connectivity index (χ0n) is 9.63. The van der Waals surface area contributed by atoms with Gasteiger partial charge in [-0.05, 0) is 31.4 Å². The minimum absolute atomic E-state index is 0.693. The van der Waals surface area contributed by atoms with Crippen LogP contribution in [0.15, 0.2) is 0 Å². The van der Waals surface area contributed by atoms with Crippen molar-refractivity contribution < 1.29 is 0 Å². The highest BCUT2D eigenvalue weighted by Crippen LogP contribution is 2.25. The lowest BCUT2D eigenvalue weighted by atomic mass is 10.1. The Kier molecular flexibility index (Phi) is 4.47. The first-order valence-electron chi connectivity index (χ1n) is 5.93. The van der Waals surface area contributed by atoms with Crippen molar-refractivity contribution in [2.75, 3.05) is 5.75 Å². The van der Waals surface area contributed by atoms with E-state index >= 15 is 0 Å². The minimum atomic E-state index is 0.693. The molecule has 0 aliphatic heterocycles. The van der Waals surface area contributed by atoms with Gasteiger partial charge in [-0.25, -0.2) is 9.97 Å². The quantitative estimate of drug-likeness (QED) is 0.610. The zero-order valence-corrected chi connectivity index (χ0v) is 11.2. The van der Waals surface area contributed by atoms with Crippen molar-refractivity contribution in [2.24, 2.45) is 0 Å². The van der Waals surface area contributed by atoms with Crippen molar-refractivity contribution in [3.8, 4) is 0 Å². The molecule has 0 bridgehead atoms. The predicted molar refractivity (Wildman–Crippen MR) is 70.1 cm³/mol. The smallest absolute Gasteiger partial charge is 0.140 e. The molecule has 2 nitrogen and oxygen atoms in total. The molecule has 1 aromatic heterocycles. The second-order valence-corrected chi connectivity index (χ2v) is 5.69. The highest BCUT2D eigenvalue weighted by Gasteiger charge is 2.15. The third-order valence-corrected chi connectivity index (χ3v) is 4.05. The molecule has 0 saturated carbocycles. The number of hydrogen-bond donors (Lipinski definition) is 0. The van der Waals surface area contributed by atoms with Crippen molar-refractivity contribution >= 4 is 23.4 Å². The molecule has 1 aliphatic carbocycles. The lowest BCUT2D eigenvalue weighted by molar-refractivity contribution is 0.708. The van der Waals surface area contributed by atoms with Crippen LogP contribution in [0.2, 0.25) is 5.15 Å². The Balaban J connectivity index is 2.24. The molecule has 0 fully saturated rings. The number of halogens is 1. The lowest BCUT2D eigenvalue weighted by Gasteiger charge is -2.08. The Hall–Kier alpha value is -0.280. The summed E-state index contributed by atoms with van der Waals surface area (Å²) in [6.07, 6.45) is 5.86. The molecule has 0 atom stereocenters. The van der Waals surface area contributed by atoms with Gasteiger partial charge in [-0.1, -0.05) is 24.9 Å². The monoisotopic (exact) mass is 256 g/mol. The van der Waals surface area contributed by atoms with Gasteiger partial charge in [0.2, 0.25) is 0 Å². The summed E-state index contributed by atoms with van der Waals surface area (Å²) in [7, 11) is 0. The van der Waals surface area contributed by atoms with Crippen molar-refractivity contribution in [1.29, 1.82) is 0 Å². The number of thioether (sulfide) groups is 1. The third kappa shape index (κ3) is 2.89. The van der Waals surface area contributed by atoms with Crippen LogP contribution in [0.4, 0.5) is 0 Å². The Bertz CT molecular complexity index is 368. The first-order chi connectivity index (χ1) is 7.81. The van der Waals surface area contributed by atoms with Gasteiger partial charge in [0.25, 0.3) is 0 Å². The van der Waals surface area contributed by atoms with Gasteiger partial charge < -0.3 is 0 Å². The normalized spacial score (nSPS) is 15.6. The van der Waals surface area contributed by atoms with Crippen LogP contribution in [0.1, 0.15) is 43.3 Å². The van der Waals surface area contributed by atoms with E-state index in [0.29, 0.717) is 5.15 Å². The first kappa shape index (κ1) is 12.2. The number of aryl methyl sites for hydroxylation is 1. The summed E-state index contributed by atoms with van der Waals surface area (Å²) in [6, 6.07) is 0. The molecule has 0 spiro atoms. The minimum Gasteiger partial charge on any atom is -0.237 e. The van der Waals surface area contributed by atoms with Crippen LogP contribution in [0.3, 0.4) is 0 Å². The van der Waals surface area contributed by atoms with Gasteiger partial charge in [0.15, 0.2) is 0 Å². The van der Waals surface area contributed by atoms with E-state index in [9.17, 15) is 0 Å². The van der Waals surface area contributed by atoms with Gasteiger partial charge in [-0.3, -0.25) is 0 Å². The van der Waals surface area contributed by atoms with Crippen LogP contribution in [0, 0.1) is 0 Å². The molecule has 1 aromatic rings. The second-order valence-electron chi connectivity index (χ2n) is 4.05. The molecular weight excluding hydrogens is 240 g/mol. The SMILES string of the molecule is CCSCc1nc(Cl)c2c(n1)CCCCC2. The molecule has 0 radical (unpaired) electrons. The molecule has 0 unspecified atom stereocenters.